The van der Waals surface area contributed by atoms with Gasteiger partial charge in [-0.25, -0.2) is 0 Å². The molecule has 1 heterocycles. The topological polar surface area (TPSA) is 47.6 Å². The number of amides is 1. The van der Waals surface area contributed by atoms with Crippen LogP contribution < -0.4 is 14.8 Å². The summed E-state index contributed by atoms with van der Waals surface area (Å²) < 4.78 is 11.2. The van der Waals surface area contributed by atoms with Crippen molar-refractivity contribution < 1.29 is 14.3 Å². The van der Waals surface area contributed by atoms with Crippen molar-refractivity contribution in [2.24, 2.45) is 0 Å². The number of hydrogen-bond acceptors (Lipinski definition) is 3. The monoisotopic (exact) mass is 283 g/mol. The first-order chi connectivity index (χ1) is 10.1. The fraction of sp³-hybridized carbons (Fsp3) is 0.235. The van der Waals surface area contributed by atoms with Gasteiger partial charge in [-0.05, 0) is 49.2 Å². The summed E-state index contributed by atoms with van der Waals surface area (Å²) in [7, 11) is 0. The van der Waals surface area contributed by atoms with E-state index in [2.05, 4.69) is 5.32 Å². The fourth-order valence-corrected chi connectivity index (χ4v) is 2.19. The van der Waals surface area contributed by atoms with Crippen LogP contribution in [-0.4, -0.2) is 18.6 Å². The first-order valence-electron chi connectivity index (χ1n) is 6.90. The second kappa shape index (κ2) is 5.48. The molecule has 2 aromatic rings. The SMILES string of the molecule is Cc1ccc(NC(=O)[C@@H]2COc3ccccc3O2)cc1C. The van der Waals surface area contributed by atoms with Crippen LogP contribution in [0.5, 0.6) is 11.5 Å². The number of carbonyl (C=O) groups excluding carboxylic acids is 1. The van der Waals surface area contributed by atoms with Crippen molar-refractivity contribution in [1.29, 1.82) is 0 Å². The molecule has 21 heavy (non-hydrogen) atoms. The number of nitrogens with one attached hydrogen (secondary N) is 1. The van der Waals surface area contributed by atoms with E-state index in [4.69, 9.17) is 9.47 Å². The van der Waals surface area contributed by atoms with E-state index in [-0.39, 0.29) is 12.5 Å². The largest absolute Gasteiger partial charge is 0.485 e. The highest BCUT2D eigenvalue weighted by atomic mass is 16.6. The van der Waals surface area contributed by atoms with Crippen molar-refractivity contribution in [3.05, 3.63) is 53.6 Å². The number of aryl methyl sites for hydroxylation is 2. The molecule has 0 fully saturated rings. The lowest BCUT2D eigenvalue weighted by Gasteiger charge is -2.25. The summed E-state index contributed by atoms with van der Waals surface area (Å²) in [5.74, 6) is 1.07. The quantitative estimate of drug-likeness (QED) is 0.921. The van der Waals surface area contributed by atoms with Gasteiger partial charge in [0.1, 0.15) is 6.61 Å². The first kappa shape index (κ1) is 13.5. The second-order valence-corrected chi connectivity index (χ2v) is 5.15. The molecule has 0 radical (unpaired) electrons. The van der Waals surface area contributed by atoms with E-state index in [1.165, 1.54) is 5.56 Å². The van der Waals surface area contributed by atoms with E-state index in [1.807, 2.05) is 50.2 Å². The van der Waals surface area contributed by atoms with Gasteiger partial charge in [0, 0.05) is 5.69 Å². The highest BCUT2D eigenvalue weighted by Gasteiger charge is 2.27. The van der Waals surface area contributed by atoms with E-state index in [1.54, 1.807) is 6.07 Å². The summed E-state index contributed by atoms with van der Waals surface area (Å²) in [6.07, 6.45) is -0.637. The standard InChI is InChI=1S/C17H17NO3/c1-11-7-8-13(9-12(11)2)18-17(19)16-10-20-14-5-3-4-6-15(14)21-16/h3-9,16H,10H2,1-2H3,(H,18,19)/t16-/m0/s1. The van der Waals surface area contributed by atoms with Crippen LogP contribution in [-0.2, 0) is 4.79 Å². The van der Waals surface area contributed by atoms with Crippen LogP contribution in [0.1, 0.15) is 11.1 Å². The summed E-state index contributed by atoms with van der Waals surface area (Å²) in [5.41, 5.74) is 3.10. The Bertz CT molecular complexity index is 681. The van der Waals surface area contributed by atoms with Crippen LogP contribution in [0.2, 0.25) is 0 Å². The van der Waals surface area contributed by atoms with Gasteiger partial charge in [0.25, 0.3) is 5.91 Å². The first-order valence-corrected chi connectivity index (χ1v) is 6.90. The van der Waals surface area contributed by atoms with Gasteiger partial charge >= 0.3 is 0 Å². The minimum absolute atomic E-state index is 0.201. The Labute approximate surface area is 123 Å². The van der Waals surface area contributed by atoms with Gasteiger partial charge in [0.05, 0.1) is 0 Å². The zero-order valence-electron chi connectivity index (χ0n) is 12.1. The minimum atomic E-state index is -0.637. The Morgan fingerprint density at radius 3 is 2.62 bits per heavy atom. The van der Waals surface area contributed by atoms with Gasteiger partial charge in [-0.15, -0.1) is 0 Å². The maximum absolute atomic E-state index is 12.3. The van der Waals surface area contributed by atoms with Crippen molar-refractivity contribution >= 4 is 11.6 Å². The van der Waals surface area contributed by atoms with Gasteiger partial charge in [0.15, 0.2) is 11.5 Å². The molecule has 1 amide bonds. The number of fused-ring (bicyclic) bond motifs is 1. The molecule has 108 valence electrons. The number of para-hydroxylation sites is 2. The number of benzene rings is 2. The zero-order chi connectivity index (χ0) is 14.8. The van der Waals surface area contributed by atoms with Crippen molar-refractivity contribution in [3.8, 4) is 11.5 Å². The lowest BCUT2D eigenvalue weighted by molar-refractivity contribution is -0.125. The highest BCUT2D eigenvalue weighted by molar-refractivity contribution is 5.94. The number of rotatable bonds is 2. The summed E-state index contributed by atoms with van der Waals surface area (Å²) in [5, 5.41) is 2.87. The average molecular weight is 283 g/mol. The molecule has 1 N–H and O–H groups in total. The van der Waals surface area contributed by atoms with Crippen molar-refractivity contribution in [2.75, 3.05) is 11.9 Å². The molecule has 2 aromatic carbocycles. The number of hydrogen-bond donors (Lipinski definition) is 1. The molecular weight excluding hydrogens is 266 g/mol. The number of ether oxygens (including phenoxy) is 2. The molecule has 0 saturated carbocycles. The third kappa shape index (κ3) is 2.84. The Morgan fingerprint density at radius 1 is 1.10 bits per heavy atom. The van der Waals surface area contributed by atoms with Crippen LogP contribution in [0.25, 0.3) is 0 Å². The van der Waals surface area contributed by atoms with Crippen LogP contribution in [0.4, 0.5) is 5.69 Å². The molecule has 0 saturated heterocycles. The minimum Gasteiger partial charge on any atom is -0.485 e. The number of anilines is 1. The maximum atomic E-state index is 12.3. The van der Waals surface area contributed by atoms with Crippen LogP contribution >= 0.6 is 0 Å². The summed E-state index contributed by atoms with van der Waals surface area (Å²) in [6, 6.07) is 13.2. The summed E-state index contributed by atoms with van der Waals surface area (Å²) in [6.45, 7) is 4.27. The number of carbonyl (C=O) groups is 1. The Kier molecular flexibility index (Phi) is 3.52. The lowest BCUT2D eigenvalue weighted by atomic mass is 10.1. The van der Waals surface area contributed by atoms with E-state index in [9.17, 15) is 4.79 Å². The third-order valence-corrected chi connectivity index (χ3v) is 3.58. The van der Waals surface area contributed by atoms with Crippen molar-refractivity contribution in [3.63, 3.8) is 0 Å². The van der Waals surface area contributed by atoms with Crippen molar-refractivity contribution in [1.82, 2.24) is 0 Å². The van der Waals surface area contributed by atoms with Crippen molar-refractivity contribution in [2.45, 2.75) is 20.0 Å². The van der Waals surface area contributed by atoms with Gasteiger partial charge in [-0.1, -0.05) is 18.2 Å². The molecule has 4 heteroatoms. The Balaban J connectivity index is 1.70. The molecule has 1 aliphatic rings. The van der Waals surface area contributed by atoms with Gasteiger partial charge in [-0.3, -0.25) is 4.79 Å². The van der Waals surface area contributed by atoms with Crippen LogP contribution in [0.15, 0.2) is 42.5 Å². The molecule has 0 aliphatic carbocycles. The molecule has 3 rings (SSSR count). The van der Waals surface area contributed by atoms with E-state index < -0.39 is 6.10 Å². The van der Waals surface area contributed by atoms with Crippen LogP contribution in [0, 0.1) is 13.8 Å². The second-order valence-electron chi connectivity index (χ2n) is 5.15. The van der Waals surface area contributed by atoms with Gasteiger partial charge in [0.2, 0.25) is 6.10 Å². The van der Waals surface area contributed by atoms with E-state index >= 15 is 0 Å². The lowest BCUT2D eigenvalue weighted by Crippen LogP contribution is -2.40. The normalized spacial score (nSPS) is 16.4. The van der Waals surface area contributed by atoms with Crippen LogP contribution in [0.3, 0.4) is 0 Å². The summed E-state index contributed by atoms with van der Waals surface area (Å²) >= 11 is 0. The molecule has 0 unspecified atom stereocenters. The van der Waals surface area contributed by atoms with Gasteiger partial charge in [-0.2, -0.15) is 0 Å². The molecule has 1 atom stereocenters. The van der Waals surface area contributed by atoms with E-state index in [0.717, 1.165) is 11.3 Å². The highest BCUT2D eigenvalue weighted by Crippen LogP contribution is 2.31. The summed E-state index contributed by atoms with van der Waals surface area (Å²) in [4.78, 5) is 12.3. The maximum Gasteiger partial charge on any atom is 0.269 e. The predicted molar refractivity (Wildman–Crippen MR) is 80.9 cm³/mol. The molecule has 1 aliphatic heterocycles. The third-order valence-electron chi connectivity index (χ3n) is 3.58. The van der Waals surface area contributed by atoms with Gasteiger partial charge < -0.3 is 14.8 Å². The zero-order valence-corrected chi connectivity index (χ0v) is 12.1. The molecular formula is C17H17NO3. The fourth-order valence-electron chi connectivity index (χ4n) is 2.19. The molecule has 0 aromatic heterocycles. The molecule has 0 bridgehead atoms. The molecule has 0 spiro atoms. The van der Waals surface area contributed by atoms with E-state index in [0.29, 0.717) is 11.5 Å². The smallest absolute Gasteiger partial charge is 0.269 e. The average Bonchev–Trinajstić information content (AvgIpc) is 2.50. The Morgan fingerprint density at radius 2 is 1.86 bits per heavy atom. The molecule has 4 nitrogen and oxygen atoms in total. The Hall–Kier alpha value is -2.49. The predicted octanol–water partition coefficient (Wildman–Crippen LogP) is 3.08.